The maximum Gasteiger partial charge on any atom is 0.139 e. The van der Waals surface area contributed by atoms with Gasteiger partial charge in [0.15, 0.2) is 0 Å². The summed E-state index contributed by atoms with van der Waals surface area (Å²) < 4.78 is 12.8. The Balaban J connectivity index is 2.14. The molecular formula is C16H22BrNO2. The molecule has 1 fully saturated rings. The van der Waals surface area contributed by atoms with Crippen LogP contribution in [0.3, 0.4) is 0 Å². The van der Waals surface area contributed by atoms with E-state index in [1.165, 1.54) is 41.5 Å². The molecule has 1 saturated heterocycles. The van der Waals surface area contributed by atoms with Crippen molar-refractivity contribution in [2.24, 2.45) is 0 Å². The zero-order valence-electron chi connectivity index (χ0n) is 12.2. The Labute approximate surface area is 129 Å². The van der Waals surface area contributed by atoms with Crippen LogP contribution in [0.5, 0.6) is 5.75 Å². The Morgan fingerprint density at radius 3 is 2.65 bits per heavy atom. The number of morpholine rings is 1. The highest BCUT2D eigenvalue weighted by Crippen LogP contribution is 2.44. The van der Waals surface area contributed by atoms with Gasteiger partial charge in [0.05, 0.1) is 24.3 Å². The molecule has 1 N–H and O–H groups in total. The minimum absolute atomic E-state index is 0.0993. The topological polar surface area (TPSA) is 30.5 Å². The molecule has 0 saturated carbocycles. The number of hydrogen-bond acceptors (Lipinski definition) is 3. The molecule has 20 heavy (non-hydrogen) atoms. The summed E-state index contributed by atoms with van der Waals surface area (Å²) in [6.07, 6.45) is 4.99. The fourth-order valence-corrected chi connectivity index (χ4v) is 4.30. The molecule has 1 aliphatic heterocycles. The largest absolute Gasteiger partial charge is 0.495 e. The van der Waals surface area contributed by atoms with Gasteiger partial charge in [0.25, 0.3) is 0 Å². The predicted molar refractivity (Wildman–Crippen MR) is 83.6 cm³/mol. The molecular weight excluding hydrogens is 318 g/mol. The highest BCUT2D eigenvalue weighted by Gasteiger charge is 2.28. The number of rotatable bonds is 2. The summed E-state index contributed by atoms with van der Waals surface area (Å²) in [5.41, 5.74) is 5.55. The quantitative estimate of drug-likeness (QED) is 0.896. The van der Waals surface area contributed by atoms with Crippen LogP contribution in [0.4, 0.5) is 0 Å². The van der Waals surface area contributed by atoms with E-state index in [1.807, 2.05) is 0 Å². The first-order valence-corrected chi connectivity index (χ1v) is 8.23. The maximum atomic E-state index is 5.97. The minimum atomic E-state index is 0.0993. The van der Waals surface area contributed by atoms with E-state index < -0.39 is 0 Å². The number of nitrogens with one attached hydrogen (secondary N) is 1. The van der Waals surface area contributed by atoms with E-state index >= 15 is 0 Å². The van der Waals surface area contributed by atoms with Crippen molar-refractivity contribution in [3.05, 3.63) is 26.7 Å². The number of benzene rings is 1. The van der Waals surface area contributed by atoms with Crippen LogP contribution >= 0.6 is 15.9 Å². The molecule has 1 aliphatic carbocycles. The minimum Gasteiger partial charge on any atom is -0.495 e. The van der Waals surface area contributed by atoms with Crippen molar-refractivity contribution in [1.29, 1.82) is 0 Å². The van der Waals surface area contributed by atoms with E-state index in [0.29, 0.717) is 0 Å². The van der Waals surface area contributed by atoms with Gasteiger partial charge >= 0.3 is 0 Å². The first-order chi connectivity index (χ1) is 9.74. The van der Waals surface area contributed by atoms with Gasteiger partial charge in [-0.05, 0) is 65.2 Å². The van der Waals surface area contributed by atoms with E-state index in [2.05, 4.69) is 28.2 Å². The number of fused-ring (bicyclic) bond motifs is 1. The number of ether oxygens (including phenoxy) is 2. The van der Waals surface area contributed by atoms with Gasteiger partial charge in [0.2, 0.25) is 0 Å². The molecule has 0 bridgehead atoms. The second-order valence-electron chi connectivity index (χ2n) is 5.61. The van der Waals surface area contributed by atoms with Crippen LogP contribution in [0, 0.1) is 6.92 Å². The fourth-order valence-electron chi connectivity index (χ4n) is 3.49. The summed E-state index contributed by atoms with van der Waals surface area (Å²) in [7, 11) is 1.76. The van der Waals surface area contributed by atoms with Crippen LogP contribution in [0.1, 0.15) is 41.2 Å². The number of hydrogen-bond donors (Lipinski definition) is 1. The van der Waals surface area contributed by atoms with Crippen LogP contribution in [0.25, 0.3) is 0 Å². The first kappa shape index (κ1) is 14.4. The molecule has 110 valence electrons. The summed E-state index contributed by atoms with van der Waals surface area (Å²) in [5, 5.41) is 3.42. The second kappa shape index (κ2) is 6.04. The van der Waals surface area contributed by atoms with Crippen LogP contribution < -0.4 is 10.1 Å². The monoisotopic (exact) mass is 339 g/mol. The Bertz CT molecular complexity index is 510. The molecule has 3 nitrogen and oxygen atoms in total. The third-order valence-corrected chi connectivity index (χ3v) is 5.33. The van der Waals surface area contributed by atoms with Crippen LogP contribution in [-0.4, -0.2) is 26.8 Å². The second-order valence-corrected chi connectivity index (χ2v) is 6.41. The molecule has 1 aromatic rings. The molecule has 1 unspecified atom stereocenters. The number of methoxy groups -OCH3 is 1. The van der Waals surface area contributed by atoms with Gasteiger partial charge in [-0.15, -0.1) is 0 Å². The lowest BCUT2D eigenvalue weighted by Crippen LogP contribution is -2.34. The summed E-state index contributed by atoms with van der Waals surface area (Å²) in [4.78, 5) is 0. The Hall–Kier alpha value is -0.580. The highest BCUT2D eigenvalue weighted by atomic mass is 79.9. The standard InChI is InChI=1S/C16H22BrNO2/c1-10-11-5-3-4-6-12(11)15(17)16(19-2)14(10)13-9-18-7-8-20-13/h13,18H,3-9H2,1-2H3. The van der Waals surface area contributed by atoms with Gasteiger partial charge < -0.3 is 14.8 Å². The Kier molecular flexibility index (Phi) is 4.34. The van der Waals surface area contributed by atoms with Gasteiger partial charge in [-0.25, -0.2) is 0 Å². The lowest BCUT2D eigenvalue weighted by molar-refractivity contribution is 0.0257. The van der Waals surface area contributed by atoms with Crippen molar-refractivity contribution in [2.45, 2.75) is 38.7 Å². The van der Waals surface area contributed by atoms with Gasteiger partial charge in [0.1, 0.15) is 5.75 Å². The Morgan fingerprint density at radius 1 is 1.25 bits per heavy atom. The van der Waals surface area contributed by atoms with Crippen LogP contribution in [-0.2, 0) is 17.6 Å². The van der Waals surface area contributed by atoms with Gasteiger partial charge in [0, 0.05) is 18.7 Å². The normalized spacial score (nSPS) is 22.4. The molecule has 1 atom stereocenters. The molecule has 1 heterocycles. The zero-order valence-corrected chi connectivity index (χ0v) is 13.8. The summed E-state index contributed by atoms with van der Waals surface area (Å²) in [5.74, 6) is 0.969. The van der Waals surface area contributed by atoms with E-state index in [4.69, 9.17) is 9.47 Å². The van der Waals surface area contributed by atoms with Crippen molar-refractivity contribution in [3.63, 3.8) is 0 Å². The average Bonchev–Trinajstić information content (AvgIpc) is 2.51. The van der Waals surface area contributed by atoms with E-state index in [1.54, 1.807) is 7.11 Å². The van der Waals surface area contributed by atoms with Crippen LogP contribution in [0.15, 0.2) is 4.47 Å². The summed E-state index contributed by atoms with van der Waals surface area (Å²) in [6, 6.07) is 0. The van der Waals surface area contributed by atoms with Gasteiger partial charge in [-0.1, -0.05) is 0 Å². The third-order valence-electron chi connectivity index (χ3n) is 4.49. The molecule has 0 aromatic heterocycles. The van der Waals surface area contributed by atoms with Gasteiger partial charge in [-0.3, -0.25) is 0 Å². The summed E-state index contributed by atoms with van der Waals surface area (Å²) in [6.45, 7) is 4.79. The van der Waals surface area contributed by atoms with Gasteiger partial charge in [-0.2, -0.15) is 0 Å². The lowest BCUT2D eigenvalue weighted by Gasteiger charge is -2.31. The van der Waals surface area contributed by atoms with Crippen LogP contribution in [0.2, 0.25) is 0 Å². The predicted octanol–water partition coefficient (Wildman–Crippen LogP) is 3.31. The Morgan fingerprint density at radius 2 is 2.00 bits per heavy atom. The maximum absolute atomic E-state index is 5.97. The molecule has 0 radical (unpaired) electrons. The molecule has 1 aromatic carbocycles. The highest BCUT2D eigenvalue weighted by molar-refractivity contribution is 9.10. The first-order valence-electron chi connectivity index (χ1n) is 7.44. The fraction of sp³-hybridized carbons (Fsp3) is 0.625. The van der Waals surface area contributed by atoms with Crippen molar-refractivity contribution < 1.29 is 9.47 Å². The third kappa shape index (κ3) is 2.38. The van der Waals surface area contributed by atoms with Crippen molar-refractivity contribution in [3.8, 4) is 5.75 Å². The van der Waals surface area contributed by atoms with Crippen molar-refractivity contribution in [2.75, 3.05) is 26.8 Å². The lowest BCUT2D eigenvalue weighted by atomic mass is 9.84. The van der Waals surface area contributed by atoms with Crippen molar-refractivity contribution >= 4 is 15.9 Å². The SMILES string of the molecule is COc1c(Br)c2c(c(C)c1C1CNCCO1)CCCC2. The zero-order chi connectivity index (χ0) is 14.1. The van der Waals surface area contributed by atoms with E-state index in [0.717, 1.165) is 36.3 Å². The molecule has 0 amide bonds. The number of halogens is 1. The van der Waals surface area contributed by atoms with E-state index in [9.17, 15) is 0 Å². The van der Waals surface area contributed by atoms with Crippen molar-refractivity contribution in [1.82, 2.24) is 5.32 Å². The average molecular weight is 340 g/mol. The molecule has 0 spiro atoms. The van der Waals surface area contributed by atoms with E-state index in [-0.39, 0.29) is 6.10 Å². The smallest absolute Gasteiger partial charge is 0.139 e. The molecule has 4 heteroatoms. The molecule has 2 aliphatic rings. The molecule has 3 rings (SSSR count). The summed E-state index contributed by atoms with van der Waals surface area (Å²) >= 11 is 3.78.